The van der Waals surface area contributed by atoms with Crippen LogP contribution in [0.15, 0.2) is 48.5 Å². The first-order valence-electron chi connectivity index (χ1n) is 8.57. The molecule has 2 aromatic carbocycles. The van der Waals surface area contributed by atoms with Crippen molar-refractivity contribution in [1.29, 1.82) is 0 Å². The number of piperazine rings is 1. The summed E-state index contributed by atoms with van der Waals surface area (Å²) in [6.07, 6.45) is 1.30. The number of halogens is 1. The molecule has 3 rings (SSSR count). The standard InChI is InChI=1S/C20H23ClN2O2/c1-25-19-4-2-3-18(15-19)22-11-13-23(14-12-22)20(24)10-7-16-5-8-17(21)9-6-16/h2-6,8-9,15H,7,10-14H2,1H3. The zero-order valence-electron chi connectivity index (χ0n) is 14.5. The largest absolute Gasteiger partial charge is 0.497 e. The monoisotopic (exact) mass is 358 g/mol. The Morgan fingerprint density at radius 1 is 1.08 bits per heavy atom. The van der Waals surface area contributed by atoms with Crippen molar-refractivity contribution in [3.63, 3.8) is 0 Å². The highest BCUT2D eigenvalue weighted by Crippen LogP contribution is 2.22. The summed E-state index contributed by atoms with van der Waals surface area (Å²) >= 11 is 5.89. The van der Waals surface area contributed by atoms with Crippen molar-refractivity contribution in [2.45, 2.75) is 12.8 Å². The summed E-state index contributed by atoms with van der Waals surface area (Å²) in [6.45, 7) is 3.22. The molecule has 0 unspecified atom stereocenters. The molecule has 1 aliphatic rings. The zero-order chi connectivity index (χ0) is 17.6. The molecule has 1 amide bonds. The molecule has 2 aromatic rings. The Labute approximate surface area is 154 Å². The first kappa shape index (κ1) is 17.6. The lowest BCUT2D eigenvalue weighted by atomic mass is 10.1. The predicted octanol–water partition coefficient (Wildman–Crippen LogP) is 3.63. The lowest BCUT2D eigenvalue weighted by Crippen LogP contribution is -2.48. The molecule has 0 atom stereocenters. The number of nitrogens with zero attached hydrogens (tertiary/aromatic N) is 2. The molecular weight excluding hydrogens is 336 g/mol. The SMILES string of the molecule is COc1cccc(N2CCN(C(=O)CCc3ccc(Cl)cc3)CC2)c1. The summed E-state index contributed by atoms with van der Waals surface area (Å²) in [5.41, 5.74) is 2.29. The number of hydrogen-bond acceptors (Lipinski definition) is 3. The van der Waals surface area contributed by atoms with Gasteiger partial charge in [-0.2, -0.15) is 0 Å². The Bertz CT molecular complexity index is 710. The van der Waals surface area contributed by atoms with Crippen LogP contribution in [-0.4, -0.2) is 44.1 Å². The fourth-order valence-corrected chi connectivity index (χ4v) is 3.21. The smallest absolute Gasteiger partial charge is 0.223 e. The number of benzene rings is 2. The van der Waals surface area contributed by atoms with Gasteiger partial charge in [0.15, 0.2) is 0 Å². The van der Waals surface area contributed by atoms with Crippen LogP contribution in [0.1, 0.15) is 12.0 Å². The molecule has 25 heavy (non-hydrogen) atoms. The second-order valence-corrected chi connectivity index (χ2v) is 6.63. The molecule has 0 aliphatic carbocycles. The van der Waals surface area contributed by atoms with Crippen LogP contribution in [0.4, 0.5) is 5.69 Å². The van der Waals surface area contributed by atoms with Crippen LogP contribution in [0.25, 0.3) is 0 Å². The van der Waals surface area contributed by atoms with E-state index in [1.54, 1.807) is 7.11 Å². The van der Waals surface area contributed by atoms with Gasteiger partial charge in [-0.25, -0.2) is 0 Å². The quantitative estimate of drug-likeness (QED) is 0.818. The molecule has 1 fully saturated rings. The molecule has 0 aromatic heterocycles. The third kappa shape index (κ3) is 4.67. The number of aryl methyl sites for hydroxylation is 1. The molecule has 4 nitrogen and oxygen atoms in total. The molecule has 0 spiro atoms. The van der Waals surface area contributed by atoms with Gasteiger partial charge in [0.05, 0.1) is 7.11 Å². The number of anilines is 1. The lowest BCUT2D eigenvalue weighted by Gasteiger charge is -2.36. The van der Waals surface area contributed by atoms with E-state index in [1.807, 2.05) is 47.4 Å². The van der Waals surface area contributed by atoms with Crippen molar-refractivity contribution in [3.05, 3.63) is 59.1 Å². The van der Waals surface area contributed by atoms with E-state index in [0.29, 0.717) is 6.42 Å². The molecular formula is C20H23ClN2O2. The topological polar surface area (TPSA) is 32.8 Å². The number of rotatable bonds is 5. The van der Waals surface area contributed by atoms with E-state index >= 15 is 0 Å². The average Bonchev–Trinajstić information content (AvgIpc) is 2.67. The fraction of sp³-hybridized carbons (Fsp3) is 0.350. The summed E-state index contributed by atoms with van der Waals surface area (Å²) in [4.78, 5) is 16.7. The maximum absolute atomic E-state index is 12.4. The van der Waals surface area contributed by atoms with Crippen molar-refractivity contribution in [2.75, 3.05) is 38.2 Å². The first-order chi connectivity index (χ1) is 12.2. The van der Waals surface area contributed by atoms with Crippen molar-refractivity contribution < 1.29 is 9.53 Å². The maximum Gasteiger partial charge on any atom is 0.223 e. The Balaban J connectivity index is 1.49. The first-order valence-corrected chi connectivity index (χ1v) is 8.95. The Morgan fingerprint density at radius 2 is 1.80 bits per heavy atom. The van der Waals surface area contributed by atoms with E-state index < -0.39 is 0 Å². The minimum Gasteiger partial charge on any atom is -0.497 e. The number of carbonyl (C=O) groups excluding carboxylic acids is 1. The summed E-state index contributed by atoms with van der Waals surface area (Å²) in [5.74, 6) is 1.08. The lowest BCUT2D eigenvalue weighted by molar-refractivity contribution is -0.131. The van der Waals surface area contributed by atoms with E-state index in [4.69, 9.17) is 16.3 Å². The van der Waals surface area contributed by atoms with Gasteiger partial charge in [0.2, 0.25) is 5.91 Å². The van der Waals surface area contributed by atoms with Crippen LogP contribution < -0.4 is 9.64 Å². The molecule has 1 heterocycles. The van der Waals surface area contributed by atoms with Crippen LogP contribution in [-0.2, 0) is 11.2 Å². The van der Waals surface area contributed by atoms with E-state index in [0.717, 1.165) is 54.6 Å². The average molecular weight is 359 g/mol. The van der Waals surface area contributed by atoms with Gasteiger partial charge in [0, 0.05) is 49.4 Å². The van der Waals surface area contributed by atoms with Crippen molar-refractivity contribution in [3.8, 4) is 5.75 Å². The number of amides is 1. The number of ether oxygens (including phenoxy) is 1. The van der Waals surface area contributed by atoms with Gasteiger partial charge < -0.3 is 14.5 Å². The molecule has 0 saturated carbocycles. The van der Waals surface area contributed by atoms with Crippen molar-refractivity contribution in [1.82, 2.24) is 4.90 Å². The zero-order valence-corrected chi connectivity index (χ0v) is 15.2. The summed E-state index contributed by atoms with van der Waals surface area (Å²) < 4.78 is 5.29. The van der Waals surface area contributed by atoms with Gasteiger partial charge in [0.25, 0.3) is 0 Å². The Morgan fingerprint density at radius 3 is 2.48 bits per heavy atom. The van der Waals surface area contributed by atoms with Gasteiger partial charge in [-0.05, 0) is 36.2 Å². The van der Waals surface area contributed by atoms with Gasteiger partial charge in [-0.15, -0.1) is 0 Å². The Kier molecular flexibility index (Phi) is 5.82. The van der Waals surface area contributed by atoms with E-state index in [2.05, 4.69) is 11.0 Å². The van der Waals surface area contributed by atoms with E-state index in [1.165, 1.54) is 0 Å². The van der Waals surface area contributed by atoms with Gasteiger partial charge in [-0.1, -0.05) is 29.8 Å². The minimum absolute atomic E-state index is 0.222. The van der Waals surface area contributed by atoms with E-state index in [9.17, 15) is 4.79 Å². The second kappa shape index (κ2) is 8.26. The molecule has 5 heteroatoms. The third-order valence-electron chi connectivity index (χ3n) is 4.59. The molecule has 132 valence electrons. The van der Waals surface area contributed by atoms with Crippen molar-refractivity contribution in [2.24, 2.45) is 0 Å². The van der Waals surface area contributed by atoms with Gasteiger partial charge in [-0.3, -0.25) is 4.79 Å². The van der Waals surface area contributed by atoms with E-state index in [-0.39, 0.29) is 5.91 Å². The third-order valence-corrected chi connectivity index (χ3v) is 4.84. The van der Waals surface area contributed by atoms with Crippen molar-refractivity contribution >= 4 is 23.2 Å². The second-order valence-electron chi connectivity index (χ2n) is 6.20. The molecule has 1 aliphatic heterocycles. The van der Waals surface area contributed by atoms with Gasteiger partial charge in [0.1, 0.15) is 5.75 Å². The summed E-state index contributed by atoms with van der Waals surface area (Å²) in [5, 5.41) is 0.726. The molecule has 0 N–H and O–H groups in total. The van der Waals surface area contributed by atoms with Crippen LogP contribution in [0.2, 0.25) is 5.02 Å². The highest BCUT2D eigenvalue weighted by atomic mass is 35.5. The maximum atomic E-state index is 12.4. The minimum atomic E-state index is 0.222. The number of carbonyl (C=O) groups is 1. The molecule has 0 bridgehead atoms. The molecule has 1 saturated heterocycles. The number of methoxy groups -OCH3 is 1. The normalized spacial score (nSPS) is 14.5. The predicted molar refractivity (Wildman–Crippen MR) is 102 cm³/mol. The highest BCUT2D eigenvalue weighted by molar-refractivity contribution is 6.30. The molecule has 0 radical (unpaired) electrons. The van der Waals surface area contributed by atoms with Crippen LogP contribution in [0, 0.1) is 0 Å². The van der Waals surface area contributed by atoms with Crippen LogP contribution in [0.5, 0.6) is 5.75 Å². The number of hydrogen-bond donors (Lipinski definition) is 0. The van der Waals surface area contributed by atoms with Crippen LogP contribution >= 0.6 is 11.6 Å². The summed E-state index contributed by atoms with van der Waals surface area (Å²) in [7, 11) is 1.68. The highest BCUT2D eigenvalue weighted by Gasteiger charge is 2.21. The summed E-state index contributed by atoms with van der Waals surface area (Å²) in [6, 6.07) is 15.8. The van der Waals surface area contributed by atoms with Gasteiger partial charge >= 0.3 is 0 Å². The Hall–Kier alpha value is -2.20. The fourth-order valence-electron chi connectivity index (χ4n) is 3.08. The van der Waals surface area contributed by atoms with Crippen LogP contribution in [0.3, 0.4) is 0 Å².